The number of rotatable bonds is 16. The fraction of sp³-hybridized carbons (Fsp3) is 0.789. The van der Waals surface area contributed by atoms with Gasteiger partial charge in [-0.15, -0.1) is 0 Å². The summed E-state index contributed by atoms with van der Waals surface area (Å²) >= 11 is 0. The molecular weight excluding hydrogens is 1200 g/mol. The van der Waals surface area contributed by atoms with Crippen LogP contribution in [0.2, 0.25) is 0 Å². The first-order valence-corrected chi connectivity index (χ1v) is 34.5. The Bertz CT molecular complexity index is 2890. The number of esters is 8. The van der Waals surface area contributed by atoms with E-state index in [1.807, 2.05) is 0 Å². The third kappa shape index (κ3) is 13.8. The highest BCUT2D eigenvalue weighted by Crippen LogP contribution is 2.76. The van der Waals surface area contributed by atoms with Crippen molar-refractivity contribution in [3.63, 3.8) is 0 Å². The summed E-state index contributed by atoms with van der Waals surface area (Å²) in [5.74, 6) is -3.35. The number of aliphatic hydroxyl groups is 2. The fourth-order valence-electron chi connectivity index (χ4n) is 26.0. The molecule has 16 aliphatic carbocycles. The third-order valence-corrected chi connectivity index (χ3v) is 26.2. The van der Waals surface area contributed by atoms with Crippen molar-refractivity contribution < 1.29 is 86.5 Å². The lowest BCUT2D eigenvalue weighted by molar-refractivity contribution is -0.288. The fourth-order valence-corrected chi connectivity index (χ4v) is 26.0. The van der Waals surface area contributed by atoms with E-state index in [1.54, 1.807) is 6.92 Å². The Morgan fingerprint density at radius 2 is 0.553 bits per heavy atom. The predicted octanol–water partition coefficient (Wildman–Crippen LogP) is 12.8. The molecule has 524 valence electrons. The molecule has 2 N–H and O–H groups in total. The molecule has 0 aromatic carbocycles. The Kier molecular flexibility index (Phi) is 18.4. The van der Waals surface area contributed by atoms with Gasteiger partial charge in [-0.1, -0.05) is 123 Å². The number of hydrogen-bond acceptors (Lipinski definition) is 18. The number of ether oxygens (including phenoxy) is 8. The number of hydrogen-bond donors (Lipinski definition) is 2. The Labute approximate surface area is 558 Å². The lowest BCUT2D eigenvalue weighted by atomic mass is 9.36. The standard InChI is InChI=1S/C20H30O4.C19H28O5.C19H28O4.C18H26O5/c1-13(2)16(22)23-7-15(21)24-20-11-17(4)8-18(5,12-20)10-19(6,9-17)14(20)3;1-12(2)15(21)23-6-14(20)24-19-9-16(4)7-17(5,13(19)3)10-18(22,8-16)11-19;1-6-14(20)22-7-15(21)23-19-11-16(3)8-17(4,12-19)10-18(5,9-16)13(19)2;1-5-13(19)22-6-14(20)23-18-9-15(3)7-16(4,12(18)2)10-17(21,8-15)11-18/h14H,1,7-12H2,2-6H3;13,22H,1,6-11H2,2-5H3;6,13H,1,7-12H2,2-5H3;5,12,21H,1,6-11H2,2-4H3. The van der Waals surface area contributed by atoms with Crippen LogP contribution in [0.4, 0.5) is 0 Å². The van der Waals surface area contributed by atoms with Crippen molar-refractivity contribution in [2.24, 2.45) is 77.8 Å². The average molecular weight is 1310 g/mol. The molecule has 18 nitrogen and oxygen atoms in total. The molecule has 16 atom stereocenters. The van der Waals surface area contributed by atoms with Crippen LogP contribution in [-0.4, -0.2) is 118 Å². The first kappa shape index (κ1) is 72.9. The molecule has 0 heterocycles. The van der Waals surface area contributed by atoms with Gasteiger partial charge >= 0.3 is 47.8 Å². The van der Waals surface area contributed by atoms with Gasteiger partial charge in [0, 0.05) is 59.8 Å². The topological polar surface area (TPSA) is 251 Å². The van der Waals surface area contributed by atoms with Crippen LogP contribution >= 0.6 is 0 Å². The summed E-state index contributed by atoms with van der Waals surface area (Å²) in [5, 5.41) is 22.0. The van der Waals surface area contributed by atoms with Gasteiger partial charge in [0.05, 0.1) is 11.2 Å². The van der Waals surface area contributed by atoms with Crippen molar-refractivity contribution in [2.75, 3.05) is 26.4 Å². The third-order valence-electron chi connectivity index (χ3n) is 26.2. The highest BCUT2D eigenvalue weighted by atomic mass is 16.6. The van der Waals surface area contributed by atoms with Gasteiger partial charge in [-0.3, -0.25) is 0 Å². The second-order valence-electron chi connectivity index (χ2n) is 36.8. The highest BCUT2D eigenvalue weighted by Gasteiger charge is 2.74. The first-order valence-electron chi connectivity index (χ1n) is 34.5. The smallest absolute Gasteiger partial charge is 0.344 e. The van der Waals surface area contributed by atoms with Gasteiger partial charge in [-0.2, -0.15) is 0 Å². The monoisotopic (exact) mass is 1310 g/mol. The highest BCUT2D eigenvalue weighted by molar-refractivity contribution is 5.89. The molecule has 0 amide bonds. The zero-order valence-electron chi connectivity index (χ0n) is 59.7. The van der Waals surface area contributed by atoms with E-state index < -0.39 is 94.6 Å². The number of carbonyl (C=O) groups is 8. The largest absolute Gasteiger partial charge is 0.456 e. The van der Waals surface area contributed by atoms with E-state index in [0.717, 1.165) is 89.2 Å². The van der Waals surface area contributed by atoms with Crippen LogP contribution < -0.4 is 0 Å². The van der Waals surface area contributed by atoms with Crippen molar-refractivity contribution in [3.8, 4) is 0 Å². The maximum Gasteiger partial charge on any atom is 0.344 e. The van der Waals surface area contributed by atoms with Crippen LogP contribution in [-0.2, 0) is 76.3 Å². The van der Waals surface area contributed by atoms with E-state index in [-0.39, 0.29) is 84.8 Å². The maximum absolute atomic E-state index is 12.4. The lowest BCUT2D eigenvalue weighted by Crippen LogP contribution is -2.70. The lowest BCUT2D eigenvalue weighted by Gasteiger charge is -2.71. The minimum atomic E-state index is -0.763. The minimum absolute atomic E-state index is 0.00934. The second-order valence-corrected chi connectivity index (χ2v) is 36.8. The molecule has 0 aromatic heterocycles. The molecule has 0 aromatic rings. The van der Waals surface area contributed by atoms with Crippen LogP contribution in [0.25, 0.3) is 0 Å². The van der Waals surface area contributed by atoms with Crippen molar-refractivity contribution in [2.45, 2.75) is 273 Å². The van der Waals surface area contributed by atoms with Gasteiger partial charge in [0.25, 0.3) is 0 Å². The van der Waals surface area contributed by atoms with E-state index in [2.05, 4.69) is 123 Å². The molecule has 0 spiro atoms. The predicted molar refractivity (Wildman–Crippen MR) is 349 cm³/mol. The van der Waals surface area contributed by atoms with Gasteiger partial charge in [0.1, 0.15) is 22.4 Å². The molecule has 16 aliphatic rings. The Hall–Kier alpha value is -5.36. The van der Waals surface area contributed by atoms with Gasteiger partial charge in [-0.25, -0.2) is 38.4 Å². The Morgan fingerprint density at radius 1 is 0.340 bits per heavy atom. The zero-order chi connectivity index (χ0) is 70.1. The van der Waals surface area contributed by atoms with E-state index in [1.165, 1.54) is 45.4 Å². The summed E-state index contributed by atoms with van der Waals surface area (Å²) in [4.78, 5) is 94.4. The van der Waals surface area contributed by atoms with Gasteiger partial charge < -0.3 is 48.1 Å². The van der Waals surface area contributed by atoms with Gasteiger partial charge in [0.2, 0.25) is 0 Å². The van der Waals surface area contributed by atoms with Crippen molar-refractivity contribution in [1.82, 2.24) is 0 Å². The normalized spacial score (nSPS) is 46.5. The number of carbonyl (C=O) groups excluding carboxylic acids is 8. The van der Waals surface area contributed by atoms with E-state index in [9.17, 15) is 48.6 Å². The minimum Gasteiger partial charge on any atom is -0.456 e. The SMILES string of the molecule is C=C(C)C(=O)OCC(=O)OC12CC3(C)CC(C)(CC(C)(C3)C1C)C2.C=C(C)C(=O)OCC(=O)OC12CC3(C)CC(O)(CC(C)(C3)C1C)C2.C=CC(=O)OCC(=O)OC12CC3(C)CC(C)(CC(C)(C3)C1C)C2.C=CC(=O)OCC(=O)OC12CC3(C)CC(O)(CC(C)(C3)C1C)C2. The van der Waals surface area contributed by atoms with Crippen LogP contribution in [0.3, 0.4) is 0 Å². The molecule has 18 heteroatoms. The molecule has 0 aliphatic heterocycles. The molecule has 94 heavy (non-hydrogen) atoms. The zero-order valence-corrected chi connectivity index (χ0v) is 59.7. The van der Waals surface area contributed by atoms with Crippen LogP contribution in [0.5, 0.6) is 0 Å². The first-order chi connectivity index (χ1) is 42.9. The molecule has 0 saturated heterocycles. The molecule has 16 unspecified atom stereocenters. The molecule has 16 bridgehead atoms. The Balaban J connectivity index is 0.000000148. The maximum atomic E-state index is 12.4. The summed E-state index contributed by atoms with van der Waals surface area (Å²) in [6.07, 6.45) is 20.7. The van der Waals surface area contributed by atoms with Crippen LogP contribution in [0.15, 0.2) is 49.6 Å². The molecule has 0 radical (unpaired) electrons. The summed E-state index contributed by atoms with van der Waals surface area (Å²) in [6.45, 7) is 46.8. The second kappa shape index (κ2) is 23.7. The van der Waals surface area contributed by atoms with E-state index in [0.29, 0.717) is 30.3 Å². The molecule has 16 rings (SSSR count). The van der Waals surface area contributed by atoms with E-state index in [4.69, 9.17) is 37.9 Å². The molecule has 16 fully saturated rings. The molecule has 16 saturated carbocycles. The van der Waals surface area contributed by atoms with Gasteiger partial charge in [-0.05, 0) is 184 Å². The summed E-state index contributed by atoms with van der Waals surface area (Å²) in [7, 11) is 0. The quantitative estimate of drug-likeness (QED) is 0.0827. The van der Waals surface area contributed by atoms with Crippen LogP contribution in [0.1, 0.15) is 239 Å². The van der Waals surface area contributed by atoms with Crippen molar-refractivity contribution >= 4 is 47.8 Å². The summed E-state index contributed by atoms with van der Waals surface area (Å²) < 4.78 is 43.3. The van der Waals surface area contributed by atoms with Crippen molar-refractivity contribution in [3.05, 3.63) is 49.6 Å². The average Bonchev–Trinajstić information content (AvgIpc) is 0.713. The summed E-state index contributed by atoms with van der Waals surface area (Å²) in [5.41, 5.74) is -1.84. The van der Waals surface area contributed by atoms with Crippen molar-refractivity contribution in [1.29, 1.82) is 0 Å². The Morgan fingerprint density at radius 3 is 0.777 bits per heavy atom. The van der Waals surface area contributed by atoms with E-state index >= 15 is 0 Å². The van der Waals surface area contributed by atoms with Gasteiger partial charge in [0.15, 0.2) is 26.4 Å². The van der Waals surface area contributed by atoms with Crippen LogP contribution in [0, 0.1) is 77.8 Å². The molecular formula is C76H112O18. The summed E-state index contributed by atoms with van der Waals surface area (Å²) in [6, 6.07) is 0.